The number of thiazole rings is 1. The fraction of sp³-hybridized carbons (Fsp3) is 0.321. The number of anilines is 3. The van der Waals surface area contributed by atoms with Gasteiger partial charge in [0.2, 0.25) is 5.91 Å². The van der Waals surface area contributed by atoms with Crippen molar-refractivity contribution in [1.29, 1.82) is 5.26 Å². The molecule has 0 atom stereocenters. The van der Waals surface area contributed by atoms with Crippen LogP contribution >= 0.6 is 22.7 Å². The number of fused-ring (bicyclic) bond motifs is 3. The Labute approximate surface area is 240 Å². The van der Waals surface area contributed by atoms with E-state index in [-0.39, 0.29) is 11.9 Å². The van der Waals surface area contributed by atoms with Gasteiger partial charge in [-0.2, -0.15) is 5.26 Å². The van der Waals surface area contributed by atoms with Gasteiger partial charge in [-0.05, 0) is 38.2 Å². The molecule has 3 aromatic heterocycles. The van der Waals surface area contributed by atoms with Crippen molar-refractivity contribution in [1.82, 2.24) is 19.8 Å². The molecule has 0 unspecified atom stereocenters. The smallest absolute Gasteiger partial charge is 0.325 e. The van der Waals surface area contributed by atoms with Crippen LogP contribution in [-0.2, 0) is 24.2 Å². The first-order chi connectivity index (χ1) is 19.4. The lowest BCUT2D eigenvalue weighted by Crippen LogP contribution is -2.36. The summed E-state index contributed by atoms with van der Waals surface area (Å²) >= 11 is 3.01. The molecule has 0 radical (unpaired) electrons. The third-order valence-electron chi connectivity index (χ3n) is 6.59. The zero-order valence-electron chi connectivity index (χ0n) is 22.4. The SMILES string of the molecule is CN(C)CCC(=O)N1CCc2c(sc3ncc(C#N)c(NCCc4cnc(NC(=O)Nc5ccccc5)s4)c23)C1. The maximum atomic E-state index is 12.7. The van der Waals surface area contributed by atoms with Gasteiger partial charge in [0.25, 0.3) is 0 Å². The zero-order chi connectivity index (χ0) is 28.1. The highest BCUT2D eigenvalue weighted by molar-refractivity contribution is 7.19. The maximum Gasteiger partial charge on any atom is 0.325 e. The number of hydrogen-bond donors (Lipinski definition) is 3. The Morgan fingerprint density at radius 3 is 2.73 bits per heavy atom. The lowest BCUT2D eigenvalue weighted by molar-refractivity contribution is -0.132. The number of benzene rings is 1. The first-order valence-electron chi connectivity index (χ1n) is 13.0. The number of aromatic nitrogens is 2. The van der Waals surface area contributed by atoms with E-state index in [0.29, 0.717) is 48.9 Å². The molecule has 0 fully saturated rings. The molecular weight excluding hydrogens is 544 g/mol. The molecule has 4 heterocycles. The third kappa shape index (κ3) is 6.39. The Morgan fingerprint density at radius 1 is 1.12 bits per heavy atom. The van der Waals surface area contributed by atoms with Gasteiger partial charge in [-0.1, -0.05) is 18.2 Å². The van der Waals surface area contributed by atoms with Crippen LogP contribution in [0, 0.1) is 11.3 Å². The fourth-order valence-electron chi connectivity index (χ4n) is 4.59. The van der Waals surface area contributed by atoms with Crippen LogP contribution in [0.1, 0.15) is 27.3 Å². The average molecular weight is 575 g/mol. The Morgan fingerprint density at radius 2 is 1.95 bits per heavy atom. The molecule has 1 aromatic carbocycles. The molecule has 10 nitrogen and oxygen atoms in total. The number of amides is 3. The van der Waals surface area contributed by atoms with Gasteiger partial charge >= 0.3 is 6.03 Å². The van der Waals surface area contributed by atoms with E-state index in [9.17, 15) is 14.9 Å². The lowest BCUT2D eigenvalue weighted by atomic mass is 10.0. The molecule has 206 valence electrons. The summed E-state index contributed by atoms with van der Waals surface area (Å²) in [5.41, 5.74) is 3.18. The number of para-hydroxylation sites is 1. The van der Waals surface area contributed by atoms with Crippen molar-refractivity contribution >= 4 is 61.3 Å². The van der Waals surface area contributed by atoms with Gasteiger partial charge in [0.05, 0.1) is 17.8 Å². The van der Waals surface area contributed by atoms with E-state index in [1.807, 2.05) is 54.2 Å². The summed E-state index contributed by atoms with van der Waals surface area (Å²) in [5, 5.41) is 20.4. The zero-order valence-corrected chi connectivity index (χ0v) is 24.0. The van der Waals surface area contributed by atoms with Crippen LogP contribution in [0.5, 0.6) is 0 Å². The van der Waals surface area contributed by atoms with E-state index in [1.54, 1.807) is 23.7 Å². The van der Waals surface area contributed by atoms with Crippen molar-refractivity contribution in [3.05, 3.63) is 63.6 Å². The fourth-order valence-corrected chi connectivity index (χ4v) is 6.61. The Hall–Kier alpha value is -4.05. The Balaban J connectivity index is 1.24. The first kappa shape index (κ1) is 27.5. The molecule has 1 aliphatic rings. The number of hydrogen-bond acceptors (Lipinski definition) is 9. The standard InChI is InChI=1S/C28H30N8O2S2/c1-35(2)12-10-23(37)36-13-9-21-22(17-36)40-26-24(21)25(18(14-29)15-31-26)30-11-8-20-16-32-28(39-20)34-27(38)33-19-6-4-3-5-7-19/h3-7,15-16H,8-13,17H2,1-2H3,(H,30,31)(H2,32,33,34,38). The van der Waals surface area contributed by atoms with E-state index < -0.39 is 0 Å². The second kappa shape index (κ2) is 12.4. The van der Waals surface area contributed by atoms with Gasteiger partial charge in [0.15, 0.2) is 5.13 Å². The minimum Gasteiger partial charge on any atom is -0.383 e. The van der Waals surface area contributed by atoms with Gasteiger partial charge in [-0.15, -0.1) is 22.7 Å². The molecule has 12 heteroatoms. The number of thiophene rings is 1. The van der Waals surface area contributed by atoms with E-state index in [2.05, 4.69) is 32.0 Å². The van der Waals surface area contributed by atoms with Crippen LogP contribution in [0.25, 0.3) is 10.2 Å². The number of urea groups is 1. The van der Waals surface area contributed by atoms with Crippen LogP contribution in [0.3, 0.4) is 0 Å². The van der Waals surface area contributed by atoms with Crippen LogP contribution in [0.15, 0.2) is 42.7 Å². The first-order valence-corrected chi connectivity index (χ1v) is 14.6. The predicted molar refractivity (Wildman–Crippen MR) is 160 cm³/mol. The number of carbonyl (C=O) groups excluding carboxylic acids is 2. The number of rotatable bonds is 9. The number of pyridine rings is 1. The molecule has 1 aliphatic heterocycles. The molecule has 3 amide bonds. The molecule has 0 spiro atoms. The molecule has 0 bridgehead atoms. The van der Waals surface area contributed by atoms with Crippen LogP contribution in [-0.4, -0.2) is 65.4 Å². The third-order valence-corrected chi connectivity index (χ3v) is 8.69. The number of nitrogens with zero attached hydrogens (tertiary/aromatic N) is 5. The van der Waals surface area contributed by atoms with Crippen molar-refractivity contribution < 1.29 is 9.59 Å². The summed E-state index contributed by atoms with van der Waals surface area (Å²) in [4.78, 5) is 40.8. The number of nitriles is 1. The summed E-state index contributed by atoms with van der Waals surface area (Å²) in [6, 6.07) is 11.2. The molecule has 0 aliphatic carbocycles. The second-order valence-electron chi connectivity index (χ2n) is 9.71. The highest BCUT2D eigenvalue weighted by Gasteiger charge is 2.26. The Kier molecular flexibility index (Phi) is 8.54. The monoisotopic (exact) mass is 574 g/mol. The topological polar surface area (TPSA) is 126 Å². The molecule has 0 saturated carbocycles. The van der Waals surface area contributed by atoms with Crippen molar-refractivity contribution in [3.63, 3.8) is 0 Å². The van der Waals surface area contributed by atoms with Crippen LogP contribution < -0.4 is 16.0 Å². The van der Waals surface area contributed by atoms with Crippen molar-refractivity contribution in [2.75, 3.05) is 49.7 Å². The van der Waals surface area contributed by atoms with Gasteiger partial charge in [0, 0.05) is 65.7 Å². The predicted octanol–water partition coefficient (Wildman–Crippen LogP) is 4.76. The highest BCUT2D eigenvalue weighted by atomic mass is 32.1. The van der Waals surface area contributed by atoms with Gasteiger partial charge in [-0.3, -0.25) is 10.1 Å². The summed E-state index contributed by atoms with van der Waals surface area (Å²) < 4.78 is 0. The molecule has 40 heavy (non-hydrogen) atoms. The van der Waals surface area contributed by atoms with Crippen molar-refractivity contribution in [2.24, 2.45) is 0 Å². The lowest BCUT2D eigenvalue weighted by Gasteiger charge is -2.27. The number of carbonyl (C=O) groups is 2. The van der Waals surface area contributed by atoms with Gasteiger partial charge in [0.1, 0.15) is 10.9 Å². The Bertz CT molecular complexity index is 1560. The highest BCUT2D eigenvalue weighted by Crippen LogP contribution is 2.39. The summed E-state index contributed by atoms with van der Waals surface area (Å²) in [5.74, 6) is 0.164. The maximum absolute atomic E-state index is 12.7. The molecule has 0 saturated heterocycles. The normalized spacial score (nSPS) is 12.7. The van der Waals surface area contributed by atoms with E-state index in [1.165, 1.54) is 16.9 Å². The average Bonchev–Trinajstić information content (AvgIpc) is 3.55. The molecule has 5 rings (SSSR count). The minimum absolute atomic E-state index is 0.164. The minimum atomic E-state index is -0.344. The van der Waals surface area contributed by atoms with Gasteiger partial charge < -0.3 is 20.4 Å². The van der Waals surface area contributed by atoms with Crippen LogP contribution in [0.2, 0.25) is 0 Å². The quantitative estimate of drug-likeness (QED) is 0.263. The summed E-state index contributed by atoms with van der Waals surface area (Å²) in [6.45, 7) is 2.56. The summed E-state index contributed by atoms with van der Waals surface area (Å²) in [7, 11) is 3.94. The number of nitrogens with one attached hydrogen (secondary N) is 3. The van der Waals surface area contributed by atoms with Crippen molar-refractivity contribution in [3.8, 4) is 6.07 Å². The van der Waals surface area contributed by atoms with E-state index in [0.717, 1.165) is 38.6 Å². The van der Waals surface area contributed by atoms with Crippen molar-refractivity contribution in [2.45, 2.75) is 25.8 Å². The van der Waals surface area contributed by atoms with Gasteiger partial charge in [-0.25, -0.2) is 14.8 Å². The molecule has 4 aromatic rings. The van der Waals surface area contributed by atoms with E-state index >= 15 is 0 Å². The second-order valence-corrected chi connectivity index (χ2v) is 11.9. The largest absolute Gasteiger partial charge is 0.383 e. The van der Waals surface area contributed by atoms with E-state index in [4.69, 9.17) is 0 Å². The molecular formula is C28H30N8O2S2. The van der Waals surface area contributed by atoms with Crippen LogP contribution in [0.4, 0.5) is 21.3 Å². The summed E-state index contributed by atoms with van der Waals surface area (Å²) in [6.07, 6.45) is 5.29. The molecule has 3 N–H and O–H groups in total.